The minimum atomic E-state index is 0.0754. The van der Waals surface area contributed by atoms with Crippen molar-refractivity contribution in [2.45, 2.75) is 103 Å². The van der Waals surface area contributed by atoms with Gasteiger partial charge in [-0.25, -0.2) is 0 Å². The molecular formula is C24H40N2O2. The molecule has 0 fully saturated rings. The Morgan fingerprint density at radius 3 is 1.21 bits per heavy atom. The van der Waals surface area contributed by atoms with Gasteiger partial charge in [0.2, 0.25) is 11.8 Å². The number of unbranched alkanes of at least 4 members (excludes halogenated alkanes) is 12. The molecule has 0 aliphatic carbocycles. The van der Waals surface area contributed by atoms with E-state index in [1.54, 1.807) is 0 Å². The monoisotopic (exact) mass is 388 g/mol. The maximum absolute atomic E-state index is 11.7. The predicted molar refractivity (Wildman–Crippen MR) is 118 cm³/mol. The number of hydrogen-bond acceptors (Lipinski definition) is 2. The van der Waals surface area contributed by atoms with Crippen molar-refractivity contribution in [2.24, 2.45) is 0 Å². The van der Waals surface area contributed by atoms with Gasteiger partial charge in [-0.05, 0) is 25.7 Å². The molecule has 0 aliphatic heterocycles. The molecule has 0 unspecified atom stereocenters. The average molecular weight is 389 g/mol. The third-order valence-corrected chi connectivity index (χ3v) is 4.72. The van der Waals surface area contributed by atoms with Crippen LogP contribution in [0.2, 0.25) is 0 Å². The Hall–Kier alpha value is -1.94. The molecule has 0 radical (unpaired) electrons. The van der Waals surface area contributed by atoms with E-state index in [9.17, 15) is 9.59 Å². The van der Waals surface area contributed by atoms with Crippen LogP contribution in [0.3, 0.4) is 0 Å². The number of rotatable bonds is 19. The smallest absolute Gasteiger partial charge is 0.220 e. The first kappa shape index (κ1) is 26.1. The lowest BCUT2D eigenvalue weighted by Crippen LogP contribution is -2.34. The van der Waals surface area contributed by atoms with E-state index in [0.29, 0.717) is 25.9 Å². The molecule has 0 aromatic rings. The molecule has 158 valence electrons. The molecular weight excluding hydrogens is 348 g/mol. The molecule has 0 heterocycles. The molecule has 4 nitrogen and oxygen atoms in total. The Kier molecular flexibility index (Phi) is 19.9. The van der Waals surface area contributed by atoms with Gasteiger partial charge < -0.3 is 10.6 Å². The first-order chi connectivity index (χ1) is 13.7. The highest BCUT2D eigenvalue weighted by atomic mass is 16.2. The van der Waals surface area contributed by atoms with Crippen molar-refractivity contribution in [1.29, 1.82) is 0 Å². The van der Waals surface area contributed by atoms with Crippen molar-refractivity contribution in [3.05, 3.63) is 0 Å². The third kappa shape index (κ3) is 20.4. The second kappa shape index (κ2) is 21.4. The molecule has 2 N–H and O–H groups in total. The third-order valence-electron chi connectivity index (χ3n) is 4.72. The van der Waals surface area contributed by atoms with Gasteiger partial charge in [0, 0.05) is 38.8 Å². The summed E-state index contributed by atoms with van der Waals surface area (Å²) in [5.41, 5.74) is 0. The van der Waals surface area contributed by atoms with Gasteiger partial charge in [0.25, 0.3) is 0 Å². The van der Waals surface area contributed by atoms with Gasteiger partial charge in [0.05, 0.1) is 0 Å². The number of nitrogens with one attached hydrogen (secondary N) is 2. The van der Waals surface area contributed by atoms with Crippen LogP contribution < -0.4 is 10.6 Å². The van der Waals surface area contributed by atoms with Crippen molar-refractivity contribution < 1.29 is 9.59 Å². The van der Waals surface area contributed by atoms with Gasteiger partial charge in [0.15, 0.2) is 0 Å². The van der Waals surface area contributed by atoms with E-state index in [0.717, 1.165) is 51.4 Å². The van der Waals surface area contributed by atoms with Crippen molar-refractivity contribution >= 4 is 11.8 Å². The zero-order chi connectivity index (χ0) is 20.7. The highest BCUT2D eigenvalue weighted by Gasteiger charge is 2.03. The number of carbonyl (C=O) groups excluding carboxylic acids is 2. The topological polar surface area (TPSA) is 58.2 Å². The minimum Gasteiger partial charge on any atom is -0.354 e. The summed E-state index contributed by atoms with van der Waals surface area (Å²) in [6.45, 7) is 1.01. The summed E-state index contributed by atoms with van der Waals surface area (Å²) in [5, 5.41) is 5.74. The van der Waals surface area contributed by atoms with Crippen LogP contribution in [0.5, 0.6) is 0 Å². The van der Waals surface area contributed by atoms with Crippen LogP contribution in [0.4, 0.5) is 0 Å². The Bertz CT molecular complexity index is 430. The molecule has 0 saturated carbocycles. The zero-order valence-corrected chi connectivity index (χ0v) is 17.7. The Labute approximate surface area is 173 Å². The lowest BCUT2D eigenvalue weighted by molar-refractivity contribution is -0.123. The summed E-state index contributed by atoms with van der Waals surface area (Å²) < 4.78 is 0. The molecule has 0 aromatic carbocycles. The lowest BCUT2D eigenvalue weighted by Gasteiger charge is -2.07. The molecule has 0 bridgehead atoms. The summed E-state index contributed by atoms with van der Waals surface area (Å²) in [4.78, 5) is 23.5. The molecule has 0 spiro atoms. The van der Waals surface area contributed by atoms with Gasteiger partial charge >= 0.3 is 0 Å². The fourth-order valence-corrected chi connectivity index (χ4v) is 3.02. The molecule has 4 heteroatoms. The van der Waals surface area contributed by atoms with Crippen LogP contribution in [0.25, 0.3) is 0 Å². The highest BCUT2D eigenvalue weighted by Crippen LogP contribution is 2.09. The van der Waals surface area contributed by atoms with Crippen LogP contribution in [0.1, 0.15) is 103 Å². The highest BCUT2D eigenvalue weighted by molar-refractivity contribution is 5.77. The second-order valence-corrected chi connectivity index (χ2v) is 7.35. The van der Waals surface area contributed by atoms with Gasteiger partial charge in [-0.2, -0.15) is 0 Å². The SMILES string of the molecule is C#CCCCCCCCCC(=O)NCCNC(=O)CCCCCCCCC#C. The second-order valence-electron chi connectivity index (χ2n) is 7.35. The summed E-state index contributed by atoms with van der Waals surface area (Å²) in [5.74, 6) is 5.46. The fourth-order valence-electron chi connectivity index (χ4n) is 3.02. The van der Waals surface area contributed by atoms with E-state index >= 15 is 0 Å². The predicted octanol–water partition coefficient (Wildman–Crippen LogP) is 4.73. The molecule has 0 saturated heterocycles. The number of hydrogen-bond donors (Lipinski definition) is 2. The summed E-state index contributed by atoms with van der Waals surface area (Å²) >= 11 is 0. The van der Waals surface area contributed by atoms with E-state index in [4.69, 9.17) is 12.8 Å². The summed E-state index contributed by atoms with van der Waals surface area (Å²) in [6, 6.07) is 0. The number of carbonyl (C=O) groups is 2. The van der Waals surface area contributed by atoms with Crippen LogP contribution in [-0.4, -0.2) is 24.9 Å². The molecule has 0 rings (SSSR count). The van der Waals surface area contributed by atoms with Crippen molar-refractivity contribution in [3.63, 3.8) is 0 Å². The molecule has 28 heavy (non-hydrogen) atoms. The zero-order valence-electron chi connectivity index (χ0n) is 17.7. The van der Waals surface area contributed by atoms with E-state index in [1.807, 2.05) is 0 Å². The lowest BCUT2D eigenvalue weighted by atomic mass is 10.1. The summed E-state index contributed by atoms with van der Waals surface area (Å²) in [6.07, 6.45) is 26.6. The average Bonchev–Trinajstić information content (AvgIpc) is 2.69. The standard InChI is InChI=1S/C24H40N2O2/c1-3-5-7-9-11-13-15-17-19-23(27)25-21-22-26-24(28)20-18-16-14-12-10-8-6-4-2/h1-2H,5-22H2,(H,25,27)(H,26,28). The molecule has 2 amide bonds. The van der Waals surface area contributed by atoms with Crippen molar-refractivity contribution in [1.82, 2.24) is 10.6 Å². The number of terminal acetylenes is 2. The van der Waals surface area contributed by atoms with E-state index in [2.05, 4.69) is 22.5 Å². The van der Waals surface area contributed by atoms with E-state index in [1.165, 1.54) is 38.5 Å². The maximum Gasteiger partial charge on any atom is 0.220 e. The molecule has 0 aliphatic rings. The van der Waals surface area contributed by atoms with Crippen LogP contribution in [0.15, 0.2) is 0 Å². The van der Waals surface area contributed by atoms with E-state index in [-0.39, 0.29) is 11.8 Å². The van der Waals surface area contributed by atoms with Crippen LogP contribution in [0, 0.1) is 24.7 Å². The van der Waals surface area contributed by atoms with Gasteiger partial charge in [0.1, 0.15) is 0 Å². The van der Waals surface area contributed by atoms with Crippen molar-refractivity contribution in [2.75, 3.05) is 13.1 Å². The van der Waals surface area contributed by atoms with Crippen LogP contribution >= 0.6 is 0 Å². The number of amides is 2. The Morgan fingerprint density at radius 1 is 0.536 bits per heavy atom. The Morgan fingerprint density at radius 2 is 0.857 bits per heavy atom. The summed E-state index contributed by atoms with van der Waals surface area (Å²) in [7, 11) is 0. The largest absolute Gasteiger partial charge is 0.354 e. The quantitative estimate of drug-likeness (QED) is 0.248. The molecule has 0 atom stereocenters. The normalized spacial score (nSPS) is 10.1. The van der Waals surface area contributed by atoms with Crippen molar-refractivity contribution in [3.8, 4) is 24.7 Å². The first-order valence-electron chi connectivity index (χ1n) is 11.1. The Balaban J connectivity index is 3.33. The maximum atomic E-state index is 11.7. The van der Waals surface area contributed by atoms with Gasteiger partial charge in [-0.3, -0.25) is 9.59 Å². The molecule has 0 aromatic heterocycles. The van der Waals surface area contributed by atoms with Gasteiger partial charge in [-0.1, -0.05) is 51.4 Å². The van der Waals surface area contributed by atoms with E-state index < -0.39 is 0 Å². The fraction of sp³-hybridized carbons (Fsp3) is 0.750. The first-order valence-corrected chi connectivity index (χ1v) is 11.1. The van der Waals surface area contributed by atoms with Crippen LogP contribution in [-0.2, 0) is 9.59 Å². The minimum absolute atomic E-state index is 0.0754. The van der Waals surface area contributed by atoms with Gasteiger partial charge in [-0.15, -0.1) is 24.7 Å².